The fourth-order valence-electron chi connectivity index (χ4n) is 2.95. The Bertz CT molecular complexity index is 597. The smallest absolute Gasteiger partial charge is 0.244 e. The zero-order chi connectivity index (χ0) is 15.6. The molecular formula is C13H24N4O3S. The molecule has 1 fully saturated rings. The molecule has 7 nitrogen and oxygen atoms in total. The Kier molecular flexibility index (Phi) is 5.03. The normalized spacial score (nSPS) is 22.9. The van der Waals surface area contributed by atoms with Crippen molar-refractivity contribution in [1.82, 2.24) is 14.5 Å². The maximum atomic E-state index is 12.6. The molecule has 120 valence electrons. The van der Waals surface area contributed by atoms with Crippen molar-refractivity contribution in [3.05, 3.63) is 11.4 Å². The van der Waals surface area contributed by atoms with Crippen LogP contribution >= 0.6 is 0 Å². The SMILES string of the molecule is COC1CCC(NS(=O)(=O)c2c(C)nn(CCN)c2C)C1. The molecule has 0 spiro atoms. The van der Waals surface area contributed by atoms with Crippen molar-refractivity contribution in [3.8, 4) is 0 Å². The Morgan fingerprint density at radius 1 is 1.43 bits per heavy atom. The van der Waals surface area contributed by atoms with Gasteiger partial charge in [0.25, 0.3) is 0 Å². The molecule has 0 bridgehead atoms. The Morgan fingerprint density at radius 2 is 2.14 bits per heavy atom. The number of ether oxygens (including phenoxy) is 1. The van der Waals surface area contributed by atoms with Crippen LogP contribution in [0, 0.1) is 13.8 Å². The number of aryl methyl sites for hydroxylation is 1. The lowest BCUT2D eigenvalue weighted by molar-refractivity contribution is 0.107. The number of nitrogens with one attached hydrogen (secondary N) is 1. The van der Waals surface area contributed by atoms with E-state index in [1.165, 1.54) is 0 Å². The first kappa shape index (κ1) is 16.4. The molecule has 2 atom stereocenters. The summed E-state index contributed by atoms with van der Waals surface area (Å²) in [4.78, 5) is 0.275. The molecular weight excluding hydrogens is 292 g/mol. The van der Waals surface area contributed by atoms with Crippen molar-refractivity contribution >= 4 is 10.0 Å². The first-order valence-corrected chi connectivity index (χ1v) is 8.66. The lowest BCUT2D eigenvalue weighted by Gasteiger charge is -2.13. The Hall–Kier alpha value is -0.960. The summed E-state index contributed by atoms with van der Waals surface area (Å²) in [5.41, 5.74) is 6.66. The molecule has 0 saturated heterocycles. The van der Waals surface area contributed by atoms with Crippen LogP contribution < -0.4 is 10.5 Å². The number of rotatable bonds is 6. The van der Waals surface area contributed by atoms with Gasteiger partial charge in [0, 0.05) is 19.7 Å². The highest BCUT2D eigenvalue weighted by molar-refractivity contribution is 7.89. The number of hydrogen-bond donors (Lipinski definition) is 2. The van der Waals surface area contributed by atoms with Gasteiger partial charge in [-0.05, 0) is 33.1 Å². The minimum atomic E-state index is -3.56. The monoisotopic (exact) mass is 316 g/mol. The molecule has 0 radical (unpaired) electrons. The van der Waals surface area contributed by atoms with Gasteiger partial charge in [0.2, 0.25) is 10.0 Å². The lowest BCUT2D eigenvalue weighted by Crippen LogP contribution is -2.34. The first-order chi connectivity index (χ1) is 9.89. The number of methoxy groups -OCH3 is 1. The fraction of sp³-hybridized carbons (Fsp3) is 0.769. The molecule has 0 aromatic carbocycles. The second kappa shape index (κ2) is 6.43. The minimum absolute atomic E-state index is 0.0726. The maximum Gasteiger partial charge on any atom is 0.244 e. The second-order valence-electron chi connectivity index (χ2n) is 5.50. The van der Waals surface area contributed by atoms with Gasteiger partial charge in [0.15, 0.2) is 0 Å². The Labute approximate surface area is 125 Å². The molecule has 3 N–H and O–H groups in total. The highest BCUT2D eigenvalue weighted by atomic mass is 32.2. The minimum Gasteiger partial charge on any atom is -0.381 e. The summed E-state index contributed by atoms with van der Waals surface area (Å²) in [6, 6.07) is -0.0726. The van der Waals surface area contributed by atoms with E-state index in [1.807, 2.05) is 0 Å². The summed E-state index contributed by atoms with van der Waals surface area (Å²) in [6.45, 7) is 4.41. The van der Waals surface area contributed by atoms with Crippen LogP contribution in [0.1, 0.15) is 30.7 Å². The van der Waals surface area contributed by atoms with Gasteiger partial charge >= 0.3 is 0 Å². The quantitative estimate of drug-likeness (QED) is 0.786. The van der Waals surface area contributed by atoms with Gasteiger partial charge in [-0.1, -0.05) is 0 Å². The molecule has 0 aliphatic heterocycles. The third-order valence-corrected chi connectivity index (χ3v) is 5.74. The molecule has 1 aliphatic rings. The molecule has 21 heavy (non-hydrogen) atoms. The molecule has 1 saturated carbocycles. The number of aromatic nitrogens is 2. The topological polar surface area (TPSA) is 99.2 Å². The van der Waals surface area contributed by atoms with E-state index in [-0.39, 0.29) is 17.0 Å². The Morgan fingerprint density at radius 3 is 2.71 bits per heavy atom. The average Bonchev–Trinajstić information content (AvgIpc) is 2.95. The third kappa shape index (κ3) is 3.45. The first-order valence-electron chi connectivity index (χ1n) is 7.18. The van der Waals surface area contributed by atoms with Crippen LogP contribution in [-0.2, 0) is 21.3 Å². The zero-order valence-electron chi connectivity index (χ0n) is 12.8. The van der Waals surface area contributed by atoms with E-state index in [1.54, 1.807) is 25.6 Å². The van der Waals surface area contributed by atoms with Crippen molar-refractivity contribution in [2.45, 2.75) is 56.7 Å². The van der Waals surface area contributed by atoms with E-state index in [9.17, 15) is 8.42 Å². The van der Waals surface area contributed by atoms with E-state index in [4.69, 9.17) is 10.5 Å². The van der Waals surface area contributed by atoms with Gasteiger partial charge in [0.05, 0.1) is 24.0 Å². The van der Waals surface area contributed by atoms with Crippen LogP contribution in [-0.4, -0.2) is 44.0 Å². The molecule has 1 aliphatic carbocycles. The largest absolute Gasteiger partial charge is 0.381 e. The molecule has 2 unspecified atom stereocenters. The van der Waals surface area contributed by atoms with Gasteiger partial charge < -0.3 is 10.5 Å². The van der Waals surface area contributed by atoms with Crippen LogP contribution in [0.25, 0.3) is 0 Å². The predicted octanol–water partition coefficient (Wildman–Crippen LogP) is 0.304. The second-order valence-corrected chi connectivity index (χ2v) is 7.15. The number of nitrogens with two attached hydrogens (primary N) is 1. The molecule has 0 amide bonds. The highest BCUT2D eigenvalue weighted by Crippen LogP contribution is 2.25. The van der Waals surface area contributed by atoms with Crippen molar-refractivity contribution < 1.29 is 13.2 Å². The van der Waals surface area contributed by atoms with E-state index >= 15 is 0 Å². The summed E-state index contributed by atoms with van der Waals surface area (Å²) < 4.78 is 34.9. The number of hydrogen-bond acceptors (Lipinski definition) is 5. The van der Waals surface area contributed by atoms with Crippen molar-refractivity contribution in [3.63, 3.8) is 0 Å². The van der Waals surface area contributed by atoms with Gasteiger partial charge in [-0.2, -0.15) is 5.10 Å². The van der Waals surface area contributed by atoms with Crippen LogP contribution in [0.15, 0.2) is 4.90 Å². The average molecular weight is 316 g/mol. The summed E-state index contributed by atoms with van der Waals surface area (Å²) in [5.74, 6) is 0. The third-order valence-electron chi connectivity index (χ3n) is 3.96. The van der Waals surface area contributed by atoms with Gasteiger partial charge in [-0.15, -0.1) is 0 Å². The van der Waals surface area contributed by atoms with Gasteiger partial charge in [-0.25, -0.2) is 13.1 Å². The predicted molar refractivity (Wildman–Crippen MR) is 79.5 cm³/mol. The molecule has 1 aromatic rings. The van der Waals surface area contributed by atoms with Crippen LogP contribution in [0.4, 0.5) is 0 Å². The summed E-state index contributed by atoms with van der Waals surface area (Å²) in [6.07, 6.45) is 2.53. The highest BCUT2D eigenvalue weighted by Gasteiger charge is 2.31. The van der Waals surface area contributed by atoms with E-state index in [0.717, 1.165) is 12.8 Å². The molecule has 1 heterocycles. The van der Waals surface area contributed by atoms with Crippen molar-refractivity contribution in [2.24, 2.45) is 5.73 Å². The van der Waals surface area contributed by atoms with Crippen molar-refractivity contribution in [1.29, 1.82) is 0 Å². The van der Waals surface area contributed by atoms with Crippen LogP contribution in [0.2, 0.25) is 0 Å². The zero-order valence-corrected chi connectivity index (χ0v) is 13.6. The fourth-order valence-corrected chi connectivity index (χ4v) is 4.64. The van der Waals surface area contributed by atoms with E-state index in [2.05, 4.69) is 9.82 Å². The number of sulfonamides is 1. The van der Waals surface area contributed by atoms with E-state index in [0.29, 0.717) is 30.9 Å². The molecule has 2 rings (SSSR count). The van der Waals surface area contributed by atoms with Crippen molar-refractivity contribution in [2.75, 3.05) is 13.7 Å². The summed E-state index contributed by atoms with van der Waals surface area (Å²) in [7, 11) is -1.90. The standard InChI is InChI=1S/C13H24N4O3S/c1-9-13(10(2)17(15-9)7-6-14)21(18,19)16-11-4-5-12(8-11)20-3/h11-12,16H,4-8,14H2,1-3H3. The summed E-state index contributed by atoms with van der Waals surface area (Å²) in [5, 5.41) is 4.26. The summed E-state index contributed by atoms with van der Waals surface area (Å²) >= 11 is 0. The molecule has 1 aromatic heterocycles. The van der Waals surface area contributed by atoms with Gasteiger partial charge in [-0.3, -0.25) is 4.68 Å². The maximum absolute atomic E-state index is 12.6. The molecule has 8 heteroatoms. The van der Waals surface area contributed by atoms with Gasteiger partial charge in [0.1, 0.15) is 4.90 Å². The van der Waals surface area contributed by atoms with Crippen LogP contribution in [0.5, 0.6) is 0 Å². The van der Waals surface area contributed by atoms with Crippen LogP contribution in [0.3, 0.4) is 0 Å². The lowest BCUT2D eigenvalue weighted by atomic mass is 10.3. The van der Waals surface area contributed by atoms with E-state index < -0.39 is 10.0 Å². The Balaban J connectivity index is 2.20. The number of nitrogens with zero attached hydrogens (tertiary/aromatic N) is 2.